The number of amides is 1. The molecule has 0 aromatic heterocycles. The number of carbonyl (C=O) groups is 1. The van der Waals surface area contributed by atoms with Gasteiger partial charge in [0.05, 0.1) is 0 Å². The van der Waals surface area contributed by atoms with Crippen LogP contribution in [-0.4, -0.2) is 26.2 Å². The summed E-state index contributed by atoms with van der Waals surface area (Å²) in [5.74, 6) is 2.95. The maximum atomic E-state index is 13.0. The van der Waals surface area contributed by atoms with Gasteiger partial charge in [0.15, 0.2) is 0 Å². The topological polar surface area (TPSA) is 38.3 Å². The molecule has 1 amide bonds. The largest absolute Gasteiger partial charge is 0.385 e. The normalized spacial score (nSPS) is 41.2. The average molecular weight is 305 g/mol. The summed E-state index contributed by atoms with van der Waals surface area (Å²) in [5.41, 5.74) is 0.356. The van der Waals surface area contributed by atoms with Crippen molar-refractivity contribution in [1.82, 2.24) is 5.32 Å². The second kappa shape index (κ2) is 5.51. The van der Waals surface area contributed by atoms with Crippen molar-refractivity contribution in [2.45, 2.75) is 64.2 Å². The fourth-order valence-electron chi connectivity index (χ4n) is 6.35. The van der Waals surface area contributed by atoms with E-state index in [9.17, 15) is 4.79 Å². The van der Waals surface area contributed by atoms with Crippen LogP contribution in [0.15, 0.2) is 0 Å². The molecular formula is C19H31NO2. The summed E-state index contributed by atoms with van der Waals surface area (Å²) in [4.78, 5) is 13.0. The summed E-state index contributed by atoms with van der Waals surface area (Å²) in [6.45, 7) is 1.71. The molecule has 5 saturated carbocycles. The summed E-state index contributed by atoms with van der Waals surface area (Å²) in [7, 11) is 1.78. The van der Waals surface area contributed by atoms with Gasteiger partial charge in [0.1, 0.15) is 0 Å². The molecule has 5 aliphatic rings. The van der Waals surface area contributed by atoms with Crippen LogP contribution in [0.1, 0.15) is 64.2 Å². The van der Waals surface area contributed by atoms with Crippen LogP contribution in [0.25, 0.3) is 0 Å². The van der Waals surface area contributed by atoms with Crippen molar-refractivity contribution in [3.8, 4) is 0 Å². The Morgan fingerprint density at radius 1 is 1.09 bits per heavy atom. The molecular weight excluding hydrogens is 274 g/mol. The van der Waals surface area contributed by atoms with Gasteiger partial charge in [-0.25, -0.2) is 0 Å². The number of rotatable bonds is 6. The highest BCUT2D eigenvalue weighted by molar-refractivity contribution is 5.83. The molecule has 0 unspecified atom stereocenters. The first kappa shape index (κ1) is 15.0. The SMILES string of the molecule is COCCC1(CNC(=O)C23CC4CC(CC(C4)C2)C3)CCC1. The van der Waals surface area contributed by atoms with E-state index in [-0.39, 0.29) is 5.41 Å². The minimum atomic E-state index is 0.0148. The maximum Gasteiger partial charge on any atom is 0.226 e. The van der Waals surface area contributed by atoms with Crippen LogP contribution in [0, 0.1) is 28.6 Å². The second-order valence-electron chi connectivity index (χ2n) is 8.98. The van der Waals surface area contributed by atoms with E-state index in [1.165, 1.54) is 57.8 Å². The molecule has 5 aliphatic carbocycles. The molecule has 0 aromatic carbocycles. The highest BCUT2D eigenvalue weighted by atomic mass is 16.5. The highest BCUT2D eigenvalue weighted by Gasteiger charge is 2.54. The molecule has 124 valence electrons. The predicted octanol–water partition coefficient (Wildman–Crippen LogP) is 3.53. The Labute approximate surface area is 134 Å². The van der Waals surface area contributed by atoms with E-state index in [4.69, 9.17) is 4.74 Å². The fourth-order valence-corrected chi connectivity index (χ4v) is 6.35. The zero-order chi connectivity index (χ0) is 15.2. The summed E-state index contributed by atoms with van der Waals surface area (Å²) in [6, 6.07) is 0. The third-order valence-corrected chi connectivity index (χ3v) is 7.39. The van der Waals surface area contributed by atoms with Gasteiger partial charge in [0.25, 0.3) is 0 Å². The van der Waals surface area contributed by atoms with E-state index in [1.54, 1.807) is 7.11 Å². The van der Waals surface area contributed by atoms with Crippen molar-refractivity contribution in [1.29, 1.82) is 0 Å². The number of ether oxygens (including phenoxy) is 1. The lowest BCUT2D eigenvalue weighted by atomic mass is 9.49. The van der Waals surface area contributed by atoms with Crippen LogP contribution < -0.4 is 5.32 Å². The molecule has 3 nitrogen and oxygen atoms in total. The van der Waals surface area contributed by atoms with Crippen molar-refractivity contribution in [3.05, 3.63) is 0 Å². The van der Waals surface area contributed by atoms with Gasteiger partial charge in [-0.05, 0) is 81.0 Å². The molecule has 0 heterocycles. The molecule has 0 aromatic rings. The smallest absolute Gasteiger partial charge is 0.226 e. The third-order valence-electron chi connectivity index (χ3n) is 7.39. The minimum Gasteiger partial charge on any atom is -0.385 e. The number of hydrogen-bond acceptors (Lipinski definition) is 2. The van der Waals surface area contributed by atoms with E-state index in [0.29, 0.717) is 11.3 Å². The molecule has 5 fully saturated rings. The summed E-state index contributed by atoms with van der Waals surface area (Å²) < 4.78 is 5.27. The second-order valence-corrected chi connectivity index (χ2v) is 8.98. The van der Waals surface area contributed by atoms with Crippen molar-refractivity contribution < 1.29 is 9.53 Å². The van der Waals surface area contributed by atoms with Gasteiger partial charge in [-0.1, -0.05) is 6.42 Å². The zero-order valence-electron chi connectivity index (χ0n) is 14.0. The minimum absolute atomic E-state index is 0.0148. The van der Waals surface area contributed by atoms with E-state index >= 15 is 0 Å². The summed E-state index contributed by atoms with van der Waals surface area (Å²) >= 11 is 0. The Morgan fingerprint density at radius 2 is 1.68 bits per heavy atom. The molecule has 1 N–H and O–H groups in total. The van der Waals surface area contributed by atoms with Crippen LogP contribution in [0.4, 0.5) is 0 Å². The van der Waals surface area contributed by atoms with Crippen molar-refractivity contribution in [2.75, 3.05) is 20.3 Å². The van der Waals surface area contributed by atoms with Gasteiger partial charge in [0.2, 0.25) is 5.91 Å². The van der Waals surface area contributed by atoms with E-state index < -0.39 is 0 Å². The van der Waals surface area contributed by atoms with Crippen LogP contribution in [-0.2, 0) is 9.53 Å². The standard InChI is InChI=1S/C19H31NO2/c1-22-6-5-18(3-2-4-18)13-20-17(21)19-10-14-7-15(11-19)9-16(8-14)12-19/h14-16H,2-13H2,1H3,(H,20,21). The predicted molar refractivity (Wildman–Crippen MR) is 86.4 cm³/mol. The number of methoxy groups -OCH3 is 1. The van der Waals surface area contributed by atoms with Gasteiger partial charge in [-0.2, -0.15) is 0 Å². The first-order chi connectivity index (χ1) is 10.6. The molecule has 0 radical (unpaired) electrons. The third kappa shape index (κ3) is 2.50. The first-order valence-corrected chi connectivity index (χ1v) is 9.40. The lowest BCUT2D eigenvalue weighted by Crippen LogP contribution is -2.55. The van der Waals surface area contributed by atoms with Crippen molar-refractivity contribution in [2.24, 2.45) is 28.6 Å². The van der Waals surface area contributed by atoms with E-state index in [2.05, 4.69) is 5.32 Å². The van der Waals surface area contributed by atoms with Crippen molar-refractivity contribution >= 4 is 5.91 Å². The lowest BCUT2D eigenvalue weighted by Gasteiger charge is -2.56. The van der Waals surface area contributed by atoms with Gasteiger partial charge in [-0.3, -0.25) is 4.79 Å². The van der Waals surface area contributed by atoms with Gasteiger partial charge >= 0.3 is 0 Å². The lowest BCUT2D eigenvalue weighted by molar-refractivity contribution is -0.147. The maximum absolute atomic E-state index is 13.0. The number of hydrogen-bond donors (Lipinski definition) is 1. The molecule has 5 rings (SSSR count). The number of carbonyl (C=O) groups excluding carboxylic acids is 1. The Bertz CT molecular complexity index is 405. The molecule has 4 bridgehead atoms. The van der Waals surface area contributed by atoms with Crippen molar-refractivity contribution in [3.63, 3.8) is 0 Å². The fraction of sp³-hybridized carbons (Fsp3) is 0.947. The quantitative estimate of drug-likeness (QED) is 0.815. The molecule has 0 saturated heterocycles. The van der Waals surface area contributed by atoms with Gasteiger partial charge in [-0.15, -0.1) is 0 Å². The molecule has 3 heteroatoms. The Balaban J connectivity index is 1.38. The van der Waals surface area contributed by atoms with E-state index in [0.717, 1.165) is 37.3 Å². The Kier molecular flexibility index (Phi) is 3.75. The highest BCUT2D eigenvalue weighted by Crippen LogP contribution is 2.60. The van der Waals surface area contributed by atoms with Crippen LogP contribution in [0.2, 0.25) is 0 Å². The average Bonchev–Trinajstić information content (AvgIpc) is 2.44. The molecule has 0 aliphatic heterocycles. The molecule has 0 atom stereocenters. The van der Waals surface area contributed by atoms with Crippen LogP contribution >= 0.6 is 0 Å². The van der Waals surface area contributed by atoms with Crippen LogP contribution in [0.3, 0.4) is 0 Å². The van der Waals surface area contributed by atoms with Gasteiger partial charge in [0, 0.05) is 25.7 Å². The number of nitrogens with one attached hydrogen (secondary N) is 1. The summed E-state index contributed by atoms with van der Waals surface area (Å²) in [5, 5.41) is 3.40. The Morgan fingerprint density at radius 3 is 2.14 bits per heavy atom. The van der Waals surface area contributed by atoms with E-state index in [1.807, 2.05) is 0 Å². The monoisotopic (exact) mass is 305 g/mol. The molecule has 22 heavy (non-hydrogen) atoms. The zero-order valence-corrected chi connectivity index (χ0v) is 14.0. The van der Waals surface area contributed by atoms with Crippen LogP contribution in [0.5, 0.6) is 0 Å². The summed E-state index contributed by atoms with van der Waals surface area (Å²) in [6.07, 6.45) is 12.7. The Hall–Kier alpha value is -0.570. The molecule has 0 spiro atoms. The first-order valence-electron chi connectivity index (χ1n) is 9.40. The van der Waals surface area contributed by atoms with Gasteiger partial charge < -0.3 is 10.1 Å².